The van der Waals surface area contributed by atoms with E-state index in [0.29, 0.717) is 29.8 Å². The second-order valence-electron chi connectivity index (χ2n) is 4.84. The minimum Gasteiger partial charge on any atom is -0.366 e. The summed E-state index contributed by atoms with van der Waals surface area (Å²) in [6, 6.07) is 6.83. The van der Waals surface area contributed by atoms with Gasteiger partial charge in [0.05, 0.1) is 6.54 Å². The van der Waals surface area contributed by atoms with Crippen LogP contribution in [0.15, 0.2) is 36.7 Å². The van der Waals surface area contributed by atoms with Crippen LogP contribution in [0.5, 0.6) is 0 Å². The van der Waals surface area contributed by atoms with Gasteiger partial charge in [-0.05, 0) is 30.7 Å². The Balaban J connectivity index is 2.12. The number of nitrogens with two attached hydrogens (primary N) is 1. The van der Waals surface area contributed by atoms with Crippen molar-refractivity contribution >= 4 is 11.8 Å². The van der Waals surface area contributed by atoms with Crippen LogP contribution in [0.1, 0.15) is 26.3 Å². The zero-order chi connectivity index (χ0) is 15.4. The number of carbonyl (C=O) groups is 2. The molecule has 0 aliphatic rings. The molecule has 0 fully saturated rings. The minimum absolute atomic E-state index is 0.136. The fourth-order valence-electron chi connectivity index (χ4n) is 2.13. The van der Waals surface area contributed by atoms with Gasteiger partial charge in [0.25, 0.3) is 5.91 Å². The van der Waals surface area contributed by atoms with E-state index in [1.54, 1.807) is 47.9 Å². The maximum Gasteiger partial charge on any atom is 0.253 e. The van der Waals surface area contributed by atoms with Gasteiger partial charge in [0.1, 0.15) is 0 Å². The molecule has 2 aromatic rings. The number of likely N-dealkylation sites (N-methyl/N-ethyl adjacent to an activating group) is 1. The molecule has 0 bridgehead atoms. The lowest BCUT2D eigenvalue weighted by Gasteiger charge is -2.19. The van der Waals surface area contributed by atoms with Crippen molar-refractivity contribution in [2.24, 2.45) is 5.73 Å². The lowest BCUT2D eigenvalue weighted by Crippen LogP contribution is -2.31. The van der Waals surface area contributed by atoms with Crippen molar-refractivity contribution in [2.45, 2.75) is 13.5 Å². The highest BCUT2D eigenvalue weighted by molar-refractivity contribution is 6.01. The number of amides is 2. The average molecular weight is 286 g/mol. The molecule has 1 aromatic heterocycles. The average Bonchev–Trinajstić information content (AvgIpc) is 2.97. The van der Waals surface area contributed by atoms with E-state index in [-0.39, 0.29) is 5.91 Å². The molecule has 0 saturated carbocycles. The first-order valence-electron chi connectivity index (χ1n) is 6.63. The predicted octanol–water partition coefficient (Wildman–Crippen LogP) is 1.06. The first-order valence-corrected chi connectivity index (χ1v) is 6.63. The largest absolute Gasteiger partial charge is 0.366 e. The van der Waals surface area contributed by atoms with Crippen LogP contribution in [0.4, 0.5) is 0 Å². The van der Waals surface area contributed by atoms with Crippen molar-refractivity contribution in [1.82, 2.24) is 14.7 Å². The molecular weight excluding hydrogens is 268 g/mol. The fraction of sp³-hybridized carbons (Fsp3) is 0.267. The Kier molecular flexibility index (Phi) is 4.37. The topological polar surface area (TPSA) is 81.2 Å². The van der Waals surface area contributed by atoms with Crippen molar-refractivity contribution < 1.29 is 9.59 Å². The van der Waals surface area contributed by atoms with E-state index in [2.05, 4.69) is 5.10 Å². The van der Waals surface area contributed by atoms with E-state index in [4.69, 9.17) is 5.73 Å². The van der Waals surface area contributed by atoms with Gasteiger partial charge in [-0.2, -0.15) is 5.10 Å². The molecule has 2 N–H and O–H groups in total. The van der Waals surface area contributed by atoms with E-state index >= 15 is 0 Å². The first-order chi connectivity index (χ1) is 10.0. The van der Waals surface area contributed by atoms with Gasteiger partial charge >= 0.3 is 0 Å². The number of benzene rings is 1. The summed E-state index contributed by atoms with van der Waals surface area (Å²) in [5.74, 6) is -0.663. The molecule has 21 heavy (non-hydrogen) atoms. The standard InChI is InChI=1S/C15H18N4O2/c1-11-12(14(16)20)5-3-6-13(11)15(21)18(2)9-10-19-8-4-7-17-19/h3-8H,9-10H2,1-2H3,(H2,16,20). The number of primary amides is 1. The number of hydrogen-bond donors (Lipinski definition) is 1. The quantitative estimate of drug-likeness (QED) is 0.892. The number of rotatable bonds is 5. The second-order valence-corrected chi connectivity index (χ2v) is 4.84. The predicted molar refractivity (Wildman–Crippen MR) is 78.9 cm³/mol. The molecule has 0 aliphatic heterocycles. The number of aromatic nitrogens is 2. The van der Waals surface area contributed by atoms with E-state index in [9.17, 15) is 9.59 Å². The van der Waals surface area contributed by atoms with Crippen LogP contribution >= 0.6 is 0 Å². The number of hydrogen-bond acceptors (Lipinski definition) is 3. The Morgan fingerprint density at radius 2 is 2.00 bits per heavy atom. The summed E-state index contributed by atoms with van der Waals surface area (Å²) in [5, 5.41) is 4.09. The summed E-state index contributed by atoms with van der Waals surface area (Å²) in [4.78, 5) is 25.4. The molecule has 1 heterocycles. The molecule has 1 aromatic carbocycles. The molecule has 0 atom stereocenters. The van der Waals surface area contributed by atoms with E-state index in [0.717, 1.165) is 0 Å². The third-order valence-electron chi connectivity index (χ3n) is 3.40. The van der Waals surface area contributed by atoms with Crippen molar-refractivity contribution in [3.63, 3.8) is 0 Å². The molecule has 0 radical (unpaired) electrons. The fourth-order valence-corrected chi connectivity index (χ4v) is 2.13. The van der Waals surface area contributed by atoms with Gasteiger partial charge < -0.3 is 10.6 Å². The molecule has 6 nitrogen and oxygen atoms in total. The van der Waals surface area contributed by atoms with Gasteiger partial charge in [0, 0.05) is 37.1 Å². The van der Waals surface area contributed by atoms with Crippen molar-refractivity contribution in [3.05, 3.63) is 53.3 Å². The van der Waals surface area contributed by atoms with Crippen LogP contribution < -0.4 is 5.73 Å². The highest BCUT2D eigenvalue weighted by Crippen LogP contribution is 2.15. The van der Waals surface area contributed by atoms with Crippen LogP contribution in [0.2, 0.25) is 0 Å². The summed E-state index contributed by atoms with van der Waals surface area (Å²) < 4.78 is 1.76. The van der Waals surface area contributed by atoms with Crippen LogP contribution in [0.3, 0.4) is 0 Å². The normalized spacial score (nSPS) is 10.4. The van der Waals surface area contributed by atoms with Gasteiger partial charge in [-0.3, -0.25) is 14.3 Å². The summed E-state index contributed by atoms with van der Waals surface area (Å²) in [5.41, 5.74) is 6.79. The number of nitrogens with zero attached hydrogens (tertiary/aromatic N) is 3. The smallest absolute Gasteiger partial charge is 0.253 e. The molecule has 0 spiro atoms. The summed E-state index contributed by atoms with van der Waals surface area (Å²) in [7, 11) is 1.72. The van der Waals surface area contributed by atoms with Crippen LogP contribution in [-0.4, -0.2) is 40.1 Å². The highest BCUT2D eigenvalue weighted by Gasteiger charge is 2.17. The van der Waals surface area contributed by atoms with Gasteiger partial charge in [-0.15, -0.1) is 0 Å². The molecule has 0 saturated heterocycles. The van der Waals surface area contributed by atoms with Crippen molar-refractivity contribution in [2.75, 3.05) is 13.6 Å². The van der Waals surface area contributed by atoms with E-state index < -0.39 is 5.91 Å². The highest BCUT2D eigenvalue weighted by atomic mass is 16.2. The Morgan fingerprint density at radius 1 is 1.29 bits per heavy atom. The Morgan fingerprint density at radius 3 is 2.62 bits per heavy atom. The lowest BCUT2D eigenvalue weighted by atomic mass is 10.0. The SMILES string of the molecule is Cc1c(C(N)=O)cccc1C(=O)N(C)CCn1cccn1. The Labute approximate surface area is 123 Å². The Hall–Kier alpha value is -2.63. The summed E-state index contributed by atoms with van der Waals surface area (Å²) >= 11 is 0. The first kappa shape index (κ1) is 14.8. The summed E-state index contributed by atoms with van der Waals surface area (Å²) in [6.45, 7) is 2.87. The minimum atomic E-state index is -0.527. The van der Waals surface area contributed by atoms with Gasteiger partial charge in [0.15, 0.2) is 0 Å². The molecule has 0 aliphatic carbocycles. The molecule has 2 rings (SSSR count). The van der Waals surface area contributed by atoms with Gasteiger partial charge in [-0.25, -0.2) is 0 Å². The molecule has 0 unspecified atom stereocenters. The maximum absolute atomic E-state index is 12.4. The van der Waals surface area contributed by atoms with Crippen molar-refractivity contribution in [1.29, 1.82) is 0 Å². The molecule has 6 heteroatoms. The van der Waals surface area contributed by atoms with E-state index in [1.807, 2.05) is 12.3 Å². The maximum atomic E-state index is 12.4. The van der Waals surface area contributed by atoms with Crippen molar-refractivity contribution in [3.8, 4) is 0 Å². The van der Waals surface area contributed by atoms with E-state index in [1.165, 1.54) is 0 Å². The third kappa shape index (κ3) is 3.28. The van der Waals surface area contributed by atoms with Crippen LogP contribution in [0.25, 0.3) is 0 Å². The lowest BCUT2D eigenvalue weighted by molar-refractivity contribution is 0.0788. The van der Waals surface area contributed by atoms with Crippen LogP contribution in [0, 0.1) is 6.92 Å². The van der Waals surface area contributed by atoms with Crippen LogP contribution in [-0.2, 0) is 6.54 Å². The zero-order valence-corrected chi connectivity index (χ0v) is 12.1. The molecular formula is C15H18N4O2. The Bertz CT molecular complexity index is 650. The monoisotopic (exact) mass is 286 g/mol. The third-order valence-corrected chi connectivity index (χ3v) is 3.40. The second kappa shape index (κ2) is 6.21. The van der Waals surface area contributed by atoms with Gasteiger partial charge in [-0.1, -0.05) is 6.07 Å². The number of carbonyl (C=O) groups excluding carboxylic acids is 2. The molecule has 110 valence electrons. The zero-order valence-electron chi connectivity index (χ0n) is 12.1. The molecule has 2 amide bonds. The van der Waals surface area contributed by atoms with Gasteiger partial charge in [0.2, 0.25) is 5.91 Å². The summed E-state index contributed by atoms with van der Waals surface area (Å²) in [6.07, 6.45) is 3.54.